The molecule has 4 rings (SSSR count). The minimum Gasteiger partial charge on any atom is -0.481 e. The number of anilines is 1. The molecule has 1 aliphatic carbocycles. The summed E-state index contributed by atoms with van der Waals surface area (Å²) in [6.07, 6.45) is 17.6. The van der Waals surface area contributed by atoms with Gasteiger partial charge in [-0.15, -0.1) is 0 Å². The predicted octanol–water partition coefficient (Wildman–Crippen LogP) is 6.52. The first-order valence-electron chi connectivity index (χ1n) is 12.0. The van der Waals surface area contributed by atoms with E-state index < -0.39 is 5.97 Å². The third kappa shape index (κ3) is 5.29. The SMILES string of the molecule is CN1c2nc(-c3ccccc3)c(C3C=CC=CC3)cc2CCC1CCCCCCC(=O)O. The molecule has 2 aromatic rings. The van der Waals surface area contributed by atoms with E-state index in [1.807, 2.05) is 0 Å². The van der Waals surface area contributed by atoms with Crippen LogP contribution in [-0.4, -0.2) is 29.1 Å². The number of hydrogen-bond donors (Lipinski definition) is 1. The van der Waals surface area contributed by atoms with Gasteiger partial charge >= 0.3 is 5.97 Å². The molecule has 4 heteroatoms. The summed E-state index contributed by atoms with van der Waals surface area (Å²) in [6.45, 7) is 0. The summed E-state index contributed by atoms with van der Waals surface area (Å²) in [5, 5.41) is 8.79. The number of aryl methyl sites for hydroxylation is 1. The molecule has 4 nitrogen and oxygen atoms in total. The van der Waals surface area contributed by atoms with Crippen molar-refractivity contribution in [1.82, 2.24) is 4.98 Å². The molecule has 0 radical (unpaired) electrons. The van der Waals surface area contributed by atoms with Crippen molar-refractivity contribution >= 4 is 11.8 Å². The molecule has 1 aliphatic heterocycles. The second kappa shape index (κ2) is 10.6. The van der Waals surface area contributed by atoms with Gasteiger partial charge in [0, 0.05) is 31.0 Å². The maximum Gasteiger partial charge on any atom is 0.303 e. The van der Waals surface area contributed by atoms with Crippen molar-refractivity contribution in [3.05, 3.63) is 71.8 Å². The van der Waals surface area contributed by atoms with Crippen molar-refractivity contribution in [3.63, 3.8) is 0 Å². The van der Waals surface area contributed by atoms with Gasteiger partial charge < -0.3 is 10.0 Å². The molecular formula is C28H34N2O2. The van der Waals surface area contributed by atoms with Crippen molar-refractivity contribution in [3.8, 4) is 11.3 Å². The molecule has 2 heterocycles. The first-order valence-corrected chi connectivity index (χ1v) is 12.0. The number of pyridine rings is 1. The van der Waals surface area contributed by atoms with Crippen molar-refractivity contribution in [2.75, 3.05) is 11.9 Å². The molecule has 1 N–H and O–H groups in total. The Bertz CT molecular complexity index is 980. The lowest BCUT2D eigenvalue weighted by Gasteiger charge is -2.36. The maximum absolute atomic E-state index is 10.7. The lowest BCUT2D eigenvalue weighted by molar-refractivity contribution is -0.137. The maximum atomic E-state index is 10.7. The molecule has 2 atom stereocenters. The van der Waals surface area contributed by atoms with Crippen molar-refractivity contribution < 1.29 is 9.90 Å². The Morgan fingerprint density at radius 2 is 1.94 bits per heavy atom. The number of nitrogens with zero attached hydrogens (tertiary/aromatic N) is 2. The van der Waals surface area contributed by atoms with E-state index in [0.29, 0.717) is 12.0 Å². The van der Waals surface area contributed by atoms with E-state index in [2.05, 4.69) is 72.6 Å². The quantitative estimate of drug-likeness (QED) is 0.460. The second-order valence-corrected chi connectivity index (χ2v) is 9.08. The Hall–Kier alpha value is -2.88. The lowest BCUT2D eigenvalue weighted by Crippen LogP contribution is -2.37. The van der Waals surface area contributed by atoms with E-state index in [0.717, 1.165) is 62.9 Å². The van der Waals surface area contributed by atoms with Crippen LogP contribution >= 0.6 is 0 Å². The average molecular weight is 431 g/mol. The Balaban J connectivity index is 1.52. The van der Waals surface area contributed by atoms with Crippen LogP contribution in [0.3, 0.4) is 0 Å². The summed E-state index contributed by atoms with van der Waals surface area (Å²) >= 11 is 0. The summed E-state index contributed by atoms with van der Waals surface area (Å²) < 4.78 is 0. The van der Waals surface area contributed by atoms with E-state index in [9.17, 15) is 4.79 Å². The number of carboxylic acid groups (broad SMARTS) is 1. The third-order valence-electron chi connectivity index (χ3n) is 6.84. The van der Waals surface area contributed by atoms with Crippen LogP contribution < -0.4 is 4.90 Å². The van der Waals surface area contributed by atoms with E-state index >= 15 is 0 Å². The number of benzene rings is 1. The number of allylic oxidation sites excluding steroid dienone is 4. The molecule has 168 valence electrons. The van der Waals surface area contributed by atoms with Crippen LogP contribution in [0.4, 0.5) is 5.82 Å². The standard InChI is InChI=1S/C28H34N2O2/c1-30-24(16-10-2-3-11-17-26(31)32)19-18-23-20-25(21-12-6-4-7-13-21)27(29-28(23)30)22-14-8-5-9-15-22/h4-9,12,14-15,20-21,24H,2-3,10-11,13,16-19H2,1H3,(H,31,32). The normalized spacial score (nSPS) is 19.7. The number of unbranched alkanes of at least 4 members (excludes halogenated alkanes) is 3. The molecule has 1 aromatic carbocycles. The second-order valence-electron chi connectivity index (χ2n) is 9.08. The topological polar surface area (TPSA) is 53.4 Å². The van der Waals surface area contributed by atoms with Crippen LogP contribution in [0.5, 0.6) is 0 Å². The summed E-state index contributed by atoms with van der Waals surface area (Å²) in [5.41, 5.74) is 4.99. The third-order valence-corrected chi connectivity index (χ3v) is 6.84. The van der Waals surface area contributed by atoms with E-state index in [4.69, 9.17) is 10.1 Å². The van der Waals surface area contributed by atoms with E-state index in [1.165, 1.54) is 16.7 Å². The summed E-state index contributed by atoms with van der Waals surface area (Å²) in [5.74, 6) is 0.819. The lowest BCUT2D eigenvalue weighted by atomic mass is 9.86. The summed E-state index contributed by atoms with van der Waals surface area (Å²) in [7, 11) is 2.19. The van der Waals surface area contributed by atoms with Gasteiger partial charge in [0.25, 0.3) is 0 Å². The predicted molar refractivity (Wildman–Crippen MR) is 131 cm³/mol. The highest BCUT2D eigenvalue weighted by Gasteiger charge is 2.27. The fraction of sp³-hybridized carbons (Fsp3) is 0.429. The molecule has 1 aromatic heterocycles. The highest BCUT2D eigenvalue weighted by atomic mass is 16.4. The number of fused-ring (bicyclic) bond motifs is 1. The zero-order valence-corrected chi connectivity index (χ0v) is 19.0. The Kier molecular flexibility index (Phi) is 7.41. The summed E-state index contributed by atoms with van der Waals surface area (Å²) in [6, 6.07) is 13.5. The van der Waals surface area contributed by atoms with Crippen LogP contribution in [-0.2, 0) is 11.2 Å². The smallest absolute Gasteiger partial charge is 0.303 e. The van der Waals surface area contributed by atoms with Gasteiger partial charge in [0.15, 0.2) is 0 Å². The van der Waals surface area contributed by atoms with Gasteiger partial charge in [-0.25, -0.2) is 4.98 Å². The molecule has 32 heavy (non-hydrogen) atoms. The number of aromatic nitrogens is 1. The van der Waals surface area contributed by atoms with Gasteiger partial charge in [-0.3, -0.25) is 4.79 Å². The molecule has 0 amide bonds. The number of carboxylic acids is 1. The van der Waals surface area contributed by atoms with E-state index in [-0.39, 0.29) is 6.42 Å². The van der Waals surface area contributed by atoms with E-state index in [1.54, 1.807) is 0 Å². The Labute approximate surface area is 191 Å². The fourth-order valence-corrected chi connectivity index (χ4v) is 5.01. The van der Waals surface area contributed by atoms with Gasteiger partial charge in [-0.2, -0.15) is 0 Å². The van der Waals surface area contributed by atoms with Gasteiger partial charge in [-0.1, -0.05) is 73.9 Å². The average Bonchev–Trinajstić information content (AvgIpc) is 2.83. The van der Waals surface area contributed by atoms with Crippen molar-refractivity contribution in [1.29, 1.82) is 0 Å². The van der Waals surface area contributed by atoms with Gasteiger partial charge in [0.1, 0.15) is 5.82 Å². The van der Waals surface area contributed by atoms with Crippen molar-refractivity contribution in [2.24, 2.45) is 0 Å². The molecule has 0 saturated carbocycles. The highest BCUT2D eigenvalue weighted by Crippen LogP contribution is 2.39. The minimum atomic E-state index is -0.687. The Morgan fingerprint density at radius 3 is 2.69 bits per heavy atom. The van der Waals surface area contributed by atoms with Crippen LogP contribution in [0.1, 0.15) is 68.4 Å². The molecular weight excluding hydrogens is 396 g/mol. The molecule has 0 fully saturated rings. The number of aliphatic carboxylic acids is 1. The van der Waals surface area contributed by atoms with Crippen LogP contribution in [0, 0.1) is 0 Å². The first kappa shape index (κ1) is 22.3. The Morgan fingerprint density at radius 1 is 1.12 bits per heavy atom. The summed E-state index contributed by atoms with van der Waals surface area (Å²) in [4.78, 5) is 18.3. The van der Waals surface area contributed by atoms with Gasteiger partial charge in [0.05, 0.1) is 5.69 Å². The highest BCUT2D eigenvalue weighted by molar-refractivity contribution is 5.69. The monoisotopic (exact) mass is 430 g/mol. The van der Waals surface area contributed by atoms with Gasteiger partial charge in [0.2, 0.25) is 0 Å². The first-order chi connectivity index (χ1) is 15.6. The molecule has 2 aliphatic rings. The van der Waals surface area contributed by atoms with Crippen LogP contribution in [0.15, 0.2) is 60.7 Å². The zero-order chi connectivity index (χ0) is 22.3. The molecule has 0 spiro atoms. The van der Waals surface area contributed by atoms with Gasteiger partial charge in [-0.05, 0) is 49.3 Å². The van der Waals surface area contributed by atoms with Crippen molar-refractivity contribution in [2.45, 2.75) is 69.7 Å². The van der Waals surface area contributed by atoms with Crippen LogP contribution in [0.2, 0.25) is 0 Å². The molecule has 2 unspecified atom stereocenters. The molecule has 0 saturated heterocycles. The number of carbonyl (C=O) groups is 1. The fourth-order valence-electron chi connectivity index (χ4n) is 5.01. The molecule has 0 bridgehead atoms. The zero-order valence-electron chi connectivity index (χ0n) is 19.0. The van der Waals surface area contributed by atoms with Crippen LogP contribution in [0.25, 0.3) is 11.3 Å². The number of hydrogen-bond acceptors (Lipinski definition) is 3. The minimum absolute atomic E-state index is 0.289. The largest absolute Gasteiger partial charge is 0.481 e. The number of rotatable bonds is 9.